The van der Waals surface area contributed by atoms with Crippen LogP contribution in [0.2, 0.25) is 0 Å². The van der Waals surface area contributed by atoms with E-state index < -0.39 is 5.97 Å². The molecule has 0 fully saturated rings. The Balaban J connectivity index is 2.10. The highest BCUT2D eigenvalue weighted by atomic mass is 16.5. The van der Waals surface area contributed by atoms with Crippen LogP contribution in [0.1, 0.15) is 21.7 Å². The number of aliphatic hydroxyl groups excluding tert-OH is 1. The van der Waals surface area contributed by atoms with Crippen molar-refractivity contribution in [1.82, 2.24) is 0 Å². The fourth-order valence-electron chi connectivity index (χ4n) is 1.76. The normalized spacial score (nSPS) is 10.4. The first-order chi connectivity index (χ1) is 9.22. The summed E-state index contributed by atoms with van der Waals surface area (Å²) in [6.45, 7) is 0.146. The number of hydrogen-bond acceptors (Lipinski definition) is 4. The molecule has 0 aliphatic rings. The monoisotopic (exact) mass is 262 g/mol. The highest BCUT2D eigenvalue weighted by molar-refractivity contribution is 5.86. The average molecular weight is 262 g/mol. The lowest BCUT2D eigenvalue weighted by Crippen LogP contribution is -2.04. The minimum atomic E-state index is -1.12. The summed E-state index contributed by atoms with van der Waals surface area (Å²) >= 11 is 0. The van der Waals surface area contributed by atoms with E-state index in [0.29, 0.717) is 17.7 Å². The van der Waals surface area contributed by atoms with Crippen molar-refractivity contribution in [1.29, 1.82) is 0 Å². The van der Waals surface area contributed by atoms with Crippen LogP contribution in [0.4, 0.5) is 0 Å². The van der Waals surface area contributed by atoms with Gasteiger partial charge in [0.05, 0.1) is 6.26 Å². The van der Waals surface area contributed by atoms with Crippen molar-refractivity contribution in [3.63, 3.8) is 0 Å². The van der Waals surface area contributed by atoms with E-state index in [1.54, 1.807) is 12.1 Å². The first-order valence-corrected chi connectivity index (χ1v) is 5.83. The van der Waals surface area contributed by atoms with Gasteiger partial charge in [0, 0.05) is 12.2 Å². The van der Waals surface area contributed by atoms with E-state index in [4.69, 9.17) is 19.4 Å². The molecule has 0 spiro atoms. The van der Waals surface area contributed by atoms with Crippen molar-refractivity contribution in [2.75, 3.05) is 6.61 Å². The maximum absolute atomic E-state index is 10.9. The number of aromatic carboxylic acids is 1. The SMILES string of the molecule is O=C(O)c1occc1COc1ccccc1CCO. The summed E-state index contributed by atoms with van der Waals surface area (Å²) in [6.07, 6.45) is 1.81. The third-order valence-corrected chi connectivity index (χ3v) is 2.68. The lowest BCUT2D eigenvalue weighted by atomic mass is 10.1. The third-order valence-electron chi connectivity index (χ3n) is 2.68. The molecule has 0 aliphatic heterocycles. The summed E-state index contributed by atoms with van der Waals surface area (Å²) in [5, 5.41) is 17.9. The van der Waals surface area contributed by atoms with Gasteiger partial charge in [0.1, 0.15) is 12.4 Å². The number of hydrogen-bond donors (Lipinski definition) is 2. The zero-order valence-corrected chi connectivity index (χ0v) is 10.2. The van der Waals surface area contributed by atoms with Crippen molar-refractivity contribution in [3.05, 3.63) is 53.5 Å². The summed E-state index contributed by atoms with van der Waals surface area (Å²) in [5.74, 6) is -0.596. The molecule has 0 aliphatic carbocycles. The molecule has 5 nitrogen and oxygen atoms in total. The largest absolute Gasteiger partial charge is 0.488 e. The summed E-state index contributed by atoms with van der Waals surface area (Å²) in [6, 6.07) is 8.89. The lowest BCUT2D eigenvalue weighted by Gasteiger charge is -2.10. The number of aliphatic hydroxyl groups is 1. The van der Waals surface area contributed by atoms with E-state index >= 15 is 0 Å². The summed E-state index contributed by atoms with van der Waals surface area (Å²) in [4.78, 5) is 10.9. The van der Waals surface area contributed by atoms with Crippen molar-refractivity contribution in [3.8, 4) is 5.75 Å². The van der Waals surface area contributed by atoms with Crippen LogP contribution in [0.15, 0.2) is 41.0 Å². The molecule has 2 aromatic rings. The fourth-order valence-corrected chi connectivity index (χ4v) is 1.76. The Kier molecular flexibility index (Phi) is 4.20. The van der Waals surface area contributed by atoms with Gasteiger partial charge in [-0.3, -0.25) is 0 Å². The van der Waals surface area contributed by atoms with Crippen LogP contribution >= 0.6 is 0 Å². The molecule has 1 aromatic carbocycles. The molecule has 0 amide bonds. The Morgan fingerprint density at radius 3 is 2.74 bits per heavy atom. The van der Waals surface area contributed by atoms with Crippen LogP contribution < -0.4 is 4.74 Å². The number of carbonyl (C=O) groups is 1. The molecule has 0 unspecified atom stereocenters. The Labute approximate surface area is 110 Å². The summed E-state index contributed by atoms with van der Waals surface area (Å²) in [7, 11) is 0. The molecule has 19 heavy (non-hydrogen) atoms. The quantitative estimate of drug-likeness (QED) is 0.833. The standard InChI is InChI=1S/C14H14O5/c15-7-5-10-3-1-2-4-12(10)19-9-11-6-8-18-13(11)14(16)17/h1-4,6,8,15H,5,7,9H2,(H,16,17). The summed E-state index contributed by atoms with van der Waals surface area (Å²) in [5.41, 5.74) is 1.36. The van der Waals surface area contributed by atoms with Crippen LogP contribution in [0.3, 0.4) is 0 Å². The van der Waals surface area contributed by atoms with Crippen LogP contribution in [0.5, 0.6) is 5.75 Å². The van der Waals surface area contributed by atoms with Gasteiger partial charge in [0.15, 0.2) is 0 Å². The molecule has 0 radical (unpaired) electrons. The van der Waals surface area contributed by atoms with E-state index in [1.807, 2.05) is 18.2 Å². The highest BCUT2D eigenvalue weighted by Gasteiger charge is 2.14. The van der Waals surface area contributed by atoms with Gasteiger partial charge in [0.25, 0.3) is 0 Å². The molecule has 100 valence electrons. The fraction of sp³-hybridized carbons (Fsp3) is 0.214. The van der Waals surface area contributed by atoms with Crippen molar-refractivity contribution in [2.45, 2.75) is 13.0 Å². The van der Waals surface area contributed by atoms with Crippen LogP contribution in [0.25, 0.3) is 0 Å². The number of carboxylic acid groups (broad SMARTS) is 1. The number of benzene rings is 1. The van der Waals surface area contributed by atoms with Gasteiger partial charge in [-0.15, -0.1) is 0 Å². The lowest BCUT2D eigenvalue weighted by molar-refractivity contribution is 0.0658. The molecule has 0 atom stereocenters. The van der Waals surface area contributed by atoms with E-state index in [1.165, 1.54) is 6.26 Å². The van der Waals surface area contributed by atoms with E-state index in [2.05, 4.69) is 0 Å². The molecule has 0 saturated carbocycles. The van der Waals surface area contributed by atoms with Gasteiger partial charge in [-0.05, 0) is 24.1 Å². The van der Waals surface area contributed by atoms with Crippen molar-refractivity contribution >= 4 is 5.97 Å². The minimum Gasteiger partial charge on any atom is -0.488 e. The Morgan fingerprint density at radius 2 is 2.00 bits per heavy atom. The molecule has 0 bridgehead atoms. The second-order valence-electron chi connectivity index (χ2n) is 3.95. The predicted molar refractivity (Wildman–Crippen MR) is 67.2 cm³/mol. The zero-order valence-electron chi connectivity index (χ0n) is 10.2. The number of ether oxygens (including phenoxy) is 1. The Bertz CT molecular complexity index is 558. The number of furan rings is 1. The average Bonchev–Trinajstić information content (AvgIpc) is 2.86. The van der Waals surface area contributed by atoms with Crippen molar-refractivity contribution in [2.24, 2.45) is 0 Å². The second kappa shape index (κ2) is 6.06. The van der Waals surface area contributed by atoms with Gasteiger partial charge < -0.3 is 19.4 Å². The first kappa shape index (κ1) is 13.2. The number of para-hydroxylation sites is 1. The number of carboxylic acids is 1. The topological polar surface area (TPSA) is 79.9 Å². The minimum absolute atomic E-state index is 0.0342. The predicted octanol–water partition coefficient (Wildman–Crippen LogP) is 2.09. The van der Waals surface area contributed by atoms with Gasteiger partial charge in [-0.25, -0.2) is 4.79 Å². The highest BCUT2D eigenvalue weighted by Crippen LogP contribution is 2.21. The number of rotatable bonds is 6. The van der Waals surface area contributed by atoms with Crippen LogP contribution in [-0.4, -0.2) is 22.8 Å². The van der Waals surface area contributed by atoms with Crippen LogP contribution in [-0.2, 0) is 13.0 Å². The van der Waals surface area contributed by atoms with Crippen molar-refractivity contribution < 1.29 is 24.2 Å². The molecule has 5 heteroatoms. The summed E-state index contributed by atoms with van der Waals surface area (Å²) < 4.78 is 10.5. The molecule has 1 heterocycles. The zero-order chi connectivity index (χ0) is 13.7. The Hall–Kier alpha value is -2.27. The van der Waals surface area contributed by atoms with Gasteiger partial charge >= 0.3 is 5.97 Å². The molecule has 2 rings (SSSR count). The van der Waals surface area contributed by atoms with Gasteiger partial charge in [0.2, 0.25) is 5.76 Å². The van der Waals surface area contributed by atoms with Crippen LogP contribution in [0, 0.1) is 0 Å². The third kappa shape index (κ3) is 3.14. The molecule has 0 saturated heterocycles. The van der Waals surface area contributed by atoms with E-state index in [-0.39, 0.29) is 19.0 Å². The molecular formula is C14H14O5. The van der Waals surface area contributed by atoms with Gasteiger partial charge in [-0.2, -0.15) is 0 Å². The maximum Gasteiger partial charge on any atom is 0.372 e. The first-order valence-electron chi connectivity index (χ1n) is 5.83. The molecule has 2 N–H and O–H groups in total. The van der Waals surface area contributed by atoms with E-state index in [0.717, 1.165) is 5.56 Å². The Morgan fingerprint density at radius 1 is 1.21 bits per heavy atom. The molecular weight excluding hydrogens is 248 g/mol. The van der Waals surface area contributed by atoms with E-state index in [9.17, 15) is 4.79 Å². The molecule has 1 aromatic heterocycles. The van der Waals surface area contributed by atoms with Gasteiger partial charge in [-0.1, -0.05) is 18.2 Å². The smallest absolute Gasteiger partial charge is 0.372 e. The maximum atomic E-state index is 10.9. The second-order valence-corrected chi connectivity index (χ2v) is 3.95.